The molecule has 5 heteroatoms. The lowest BCUT2D eigenvalue weighted by Gasteiger charge is -2.40. The van der Waals surface area contributed by atoms with E-state index < -0.39 is 0 Å². The third-order valence-corrected chi connectivity index (χ3v) is 5.70. The summed E-state index contributed by atoms with van der Waals surface area (Å²) >= 11 is 3.29. The molecule has 1 heterocycles. The van der Waals surface area contributed by atoms with Crippen LogP contribution in [-0.2, 0) is 4.79 Å². The van der Waals surface area contributed by atoms with Crippen LogP contribution in [0.2, 0.25) is 0 Å². The largest absolute Gasteiger partial charge is 0.396 e. The Bertz CT molecular complexity index is 585. The van der Waals surface area contributed by atoms with Crippen molar-refractivity contribution < 1.29 is 9.90 Å². The Labute approximate surface area is 133 Å². The number of thioether (sulfide) groups is 2. The quantitative estimate of drug-likeness (QED) is 0.866. The fourth-order valence-corrected chi connectivity index (χ4v) is 4.42. The number of hydrogen-bond donors (Lipinski definition) is 1. The average molecular weight is 319 g/mol. The van der Waals surface area contributed by atoms with Crippen molar-refractivity contribution in [2.75, 3.05) is 23.0 Å². The fraction of sp³-hybridized carbons (Fsp3) is 0.312. The highest BCUT2D eigenvalue weighted by Gasteiger charge is 2.36. The van der Waals surface area contributed by atoms with E-state index in [0.29, 0.717) is 11.5 Å². The van der Waals surface area contributed by atoms with Gasteiger partial charge in [-0.3, -0.25) is 4.79 Å². The molecule has 2 aliphatic rings. The molecule has 3 nitrogen and oxygen atoms in total. The highest BCUT2D eigenvalue weighted by molar-refractivity contribution is 8.00. The molecule has 2 atom stereocenters. The number of amides is 1. The van der Waals surface area contributed by atoms with Crippen molar-refractivity contribution in [3.05, 3.63) is 48.6 Å². The number of rotatable bonds is 4. The molecule has 21 heavy (non-hydrogen) atoms. The zero-order valence-corrected chi connectivity index (χ0v) is 13.1. The molecule has 0 saturated heterocycles. The van der Waals surface area contributed by atoms with Crippen LogP contribution in [0.25, 0.3) is 0 Å². The average Bonchev–Trinajstić information content (AvgIpc) is 2.52. The summed E-state index contributed by atoms with van der Waals surface area (Å²) in [7, 11) is 0. The number of allylic oxidation sites excluding steroid dienone is 2. The van der Waals surface area contributed by atoms with Crippen molar-refractivity contribution in [3.8, 4) is 0 Å². The van der Waals surface area contributed by atoms with Crippen LogP contribution in [0.3, 0.4) is 0 Å². The van der Waals surface area contributed by atoms with E-state index in [2.05, 4.69) is 18.2 Å². The van der Waals surface area contributed by atoms with E-state index in [1.807, 2.05) is 47.0 Å². The van der Waals surface area contributed by atoms with Crippen LogP contribution in [0.1, 0.15) is 0 Å². The van der Waals surface area contributed by atoms with E-state index in [1.54, 1.807) is 0 Å². The summed E-state index contributed by atoms with van der Waals surface area (Å²) < 4.78 is 0. The standard InChI is InChI=1S/C16H17NO2S2/c18-9-10-20-11-16(19)17-12-5-1-3-7-14(12)21-15-8-4-2-6-13(15)17/h1-8,12,14,18H,9-11H2/t12-,14-/m0/s1. The smallest absolute Gasteiger partial charge is 0.237 e. The molecule has 1 aromatic carbocycles. The van der Waals surface area contributed by atoms with Gasteiger partial charge in [0.2, 0.25) is 5.91 Å². The highest BCUT2D eigenvalue weighted by Crippen LogP contribution is 2.43. The minimum atomic E-state index is 0.0807. The van der Waals surface area contributed by atoms with E-state index >= 15 is 0 Å². The molecule has 1 amide bonds. The van der Waals surface area contributed by atoms with Gasteiger partial charge in [0.15, 0.2) is 0 Å². The Balaban J connectivity index is 1.89. The molecule has 1 aliphatic carbocycles. The Morgan fingerprint density at radius 1 is 1.29 bits per heavy atom. The van der Waals surface area contributed by atoms with Gasteiger partial charge in [-0.05, 0) is 12.1 Å². The van der Waals surface area contributed by atoms with Crippen LogP contribution < -0.4 is 4.90 Å². The Morgan fingerprint density at radius 3 is 2.95 bits per heavy atom. The summed E-state index contributed by atoms with van der Waals surface area (Å²) in [5.74, 6) is 1.11. The van der Waals surface area contributed by atoms with E-state index in [9.17, 15) is 4.79 Å². The second-order valence-electron chi connectivity index (χ2n) is 4.85. The molecule has 3 rings (SSSR count). The van der Waals surface area contributed by atoms with E-state index in [-0.39, 0.29) is 23.8 Å². The number of para-hydroxylation sites is 1. The predicted molar refractivity (Wildman–Crippen MR) is 90.1 cm³/mol. The number of aliphatic hydroxyl groups is 1. The van der Waals surface area contributed by atoms with Gasteiger partial charge in [-0.2, -0.15) is 0 Å². The topological polar surface area (TPSA) is 40.5 Å². The molecule has 1 aliphatic heterocycles. The van der Waals surface area contributed by atoms with Crippen molar-refractivity contribution in [2.24, 2.45) is 0 Å². The normalized spacial score (nSPS) is 22.8. The van der Waals surface area contributed by atoms with Crippen LogP contribution >= 0.6 is 23.5 Å². The second kappa shape index (κ2) is 6.73. The minimum absolute atomic E-state index is 0.0807. The van der Waals surface area contributed by atoms with Crippen molar-refractivity contribution in [3.63, 3.8) is 0 Å². The monoisotopic (exact) mass is 319 g/mol. The van der Waals surface area contributed by atoms with Crippen LogP contribution in [-0.4, -0.2) is 40.4 Å². The zero-order chi connectivity index (χ0) is 14.7. The SMILES string of the molecule is O=C(CSCCO)N1c2ccccc2S[C@H]2C=CC=C[C@@H]21. The lowest BCUT2D eigenvalue weighted by Crippen LogP contribution is -2.48. The summed E-state index contributed by atoms with van der Waals surface area (Å²) in [6.45, 7) is 0.110. The molecule has 0 bridgehead atoms. The maximum Gasteiger partial charge on any atom is 0.237 e. The van der Waals surface area contributed by atoms with Gasteiger partial charge in [0.1, 0.15) is 0 Å². The van der Waals surface area contributed by atoms with E-state index in [0.717, 1.165) is 10.6 Å². The fourth-order valence-electron chi connectivity index (χ4n) is 2.57. The van der Waals surface area contributed by atoms with Gasteiger partial charge in [0.25, 0.3) is 0 Å². The Kier molecular flexibility index (Phi) is 4.73. The highest BCUT2D eigenvalue weighted by atomic mass is 32.2. The maximum absolute atomic E-state index is 12.6. The van der Waals surface area contributed by atoms with Gasteiger partial charge in [0.05, 0.1) is 29.3 Å². The molecular formula is C16H17NO2S2. The lowest BCUT2D eigenvalue weighted by atomic mass is 10.0. The number of carbonyl (C=O) groups excluding carboxylic acids is 1. The van der Waals surface area contributed by atoms with Gasteiger partial charge in [-0.25, -0.2) is 0 Å². The number of benzene rings is 1. The van der Waals surface area contributed by atoms with E-state index in [1.165, 1.54) is 11.8 Å². The predicted octanol–water partition coefficient (Wildman–Crippen LogP) is 2.71. The van der Waals surface area contributed by atoms with Gasteiger partial charge in [0, 0.05) is 10.6 Å². The van der Waals surface area contributed by atoms with Crippen LogP contribution in [0.5, 0.6) is 0 Å². The number of hydrogen-bond acceptors (Lipinski definition) is 4. The van der Waals surface area contributed by atoms with Crippen LogP contribution in [0.15, 0.2) is 53.5 Å². The van der Waals surface area contributed by atoms with Gasteiger partial charge >= 0.3 is 0 Å². The molecule has 1 aromatic rings. The molecule has 1 N–H and O–H groups in total. The minimum Gasteiger partial charge on any atom is -0.396 e. The summed E-state index contributed by atoms with van der Waals surface area (Å²) in [6, 6.07) is 8.15. The van der Waals surface area contributed by atoms with Crippen molar-refractivity contribution in [1.29, 1.82) is 0 Å². The first-order valence-corrected chi connectivity index (χ1v) is 8.96. The molecule has 110 valence electrons. The van der Waals surface area contributed by atoms with Gasteiger partial charge in [-0.1, -0.05) is 36.4 Å². The maximum atomic E-state index is 12.6. The molecule has 0 radical (unpaired) electrons. The summed E-state index contributed by atoms with van der Waals surface area (Å²) in [6.07, 6.45) is 8.32. The first kappa shape index (κ1) is 14.8. The van der Waals surface area contributed by atoms with Crippen molar-refractivity contribution >= 4 is 35.1 Å². The number of anilines is 1. The third kappa shape index (κ3) is 3.05. The van der Waals surface area contributed by atoms with Crippen molar-refractivity contribution in [2.45, 2.75) is 16.2 Å². The first-order valence-electron chi connectivity index (χ1n) is 6.92. The number of nitrogens with zero attached hydrogens (tertiary/aromatic N) is 1. The summed E-state index contributed by atoms with van der Waals surface area (Å²) in [4.78, 5) is 15.7. The van der Waals surface area contributed by atoms with Crippen LogP contribution in [0.4, 0.5) is 5.69 Å². The first-order chi connectivity index (χ1) is 10.3. The number of aliphatic hydroxyl groups excluding tert-OH is 1. The Morgan fingerprint density at radius 2 is 2.10 bits per heavy atom. The third-order valence-electron chi connectivity index (χ3n) is 3.47. The van der Waals surface area contributed by atoms with Gasteiger partial charge < -0.3 is 10.0 Å². The second-order valence-corrected chi connectivity index (χ2v) is 7.18. The van der Waals surface area contributed by atoms with Crippen LogP contribution in [0, 0.1) is 0 Å². The molecule has 0 spiro atoms. The molecular weight excluding hydrogens is 302 g/mol. The summed E-state index contributed by atoms with van der Waals surface area (Å²) in [5, 5.41) is 9.14. The Hall–Kier alpha value is -1.17. The molecule has 0 saturated carbocycles. The van der Waals surface area contributed by atoms with Crippen molar-refractivity contribution in [1.82, 2.24) is 0 Å². The number of fused-ring (bicyclic) bond motifs is 2. The molecule has 0 fully saturated rings. The zero-order valence-electron chi connectivity index (χ0n) is 11.5. The molecule has 0 unspecified atom stereocenters. The summed E-state index contributed by atoms with van der Waals surface area (Å²) in [5.41, 5.74) is 0.998. The van der Waals surface area contributed by atoms with Gasteiger partial charge in [-0.15, -0.1) is 23.5 Å². The van der Waals surface area contributed by atoms with E-state index in [4.69, 9.17) is 5.11 Å². The molecule has 0 aromatic heterocycles. The lowest BCUT2D eigenvalue weighted by molar-refractivity contribution is -0.116. The number of carbonyl (C=O) groups is 1.